The summed E-state index contributed by atoms with van der Waals surface area (Å²) in [5.74, 6) is 0. The molecule has 0 amide bonds. The minimum atomic E-state index is -0.847. The topological polar surface area (TPSA) is 63.4 Å². The number of aliphatic hydroxyl groups excluding tert-OH is 1. The molecule has 1 atom stereocenters. The van der Waals surface area contributed by atoms with Crippen molar-refractivity contribution in [2.24, 2.45) is 0 Å². The lowest BCUT2D eigenvalue weighted by molar-refractivity contribution is -0.385. The van der Waals surface area contributed by atoms with Crippen molar-refractivity contribution in [3.63, 3.8) is 0 Å². The van der Waals surface area contributed by atoms with E-state index in [-0.39, 0.29) is 5.69 Å². The summed E-state index contributed by atoms with van der Waals surface area (Å²) in [5.41, 5.74) is 3.31. The number of aliphatic hydroxyl groups is 1. The van der Waals surface area contributed by atoms with Crippen molar-refractivity contribution < 1.29 is 10.0 Å². The second-order valence-electron chi connectivity index (χ2n) is 4.61. The predicted molar refractivity (Wildman–Crippen MR) is 73.1 cm³/mol. The molecule has 1 N–H and O–H groups in total. The Hall–Kier alpha value is -2.20. The zero-order valence-electron chi connectivity index (χ0n) is 10.8. The average Bonchev–Trinajstić information content (AvgIpc) is 2.41. The van der Waals surface area contributed by atoms with Crippen LogP contribution in [0.15, 0.2) is 42.5 Å². The molecule has 0 saturated carbocycles. The Kier molecular flexibility index (Phi) is 3.62. The van der Waals surface area contributed by atoms with E-state index in [0.29, 0.717) is 5.56 Å². The Morgan fingerprint density at radius 1 is 1.16 bits per heavy atom. The fourth-order valence-corrected chi connectivity index (χ4v) is 2.04. The number of nitrogens with zero attached hydrogens (tertiary/aromatic N) is 1. The fourth-order valence-electron chi connectivity index (χ4n) is 2.04. The lowest BCUT2D eigenvalue weighted by atomic mass is 9.95. The number of nitro groups is 1. The minimum absolute atomic E-state index is 0.0122. The lowest BCUT2D eigenvalue weighted by Gasteiger charge is -2.14. The van der Waals surface area contributed by atoms with Gasteiger partial charge in [0.15, 0.2) is 0 Å². The average molecular weight is 257 g/mol. The highest BCUT2D eigenvalue weighted by Gasteiger charge is 2.16. The zero-order valence-corrected chi connectivity index (χ0v) is 10.8. The molecule has 4 heteroatoms. The molecule has 0 unspecified atom stereocenters. The third kappa shape index (κ3) is 2.80. The van der Waals surface area contributed by atoms with Gasteiger partial charge in [-0.05, 0) is 30.5 Å². The Balaban J connectivity index is 2.43. The Morgan fingerprint density at radius 3 is 2.58 bits per heavy atom. The van der Waals surface area contributed by atoms with Gasteiger partial charge < -0.3 is 5.11 Å². The van der Waals surface area contributed by atoms with Gasteiger partial charge in [-0.25, -0.2) is 0 Å². The van der Waals surface area contributed by atoms with Gasteiger partial charge in [0.25, 0.3) is 5.69 Å². The summed E-state index contributed by atoms with van der Waals surface area (Å²) >= 11 is 0. The number of hydrogen-bond donors (Lipinski definition) is 1. The quantitative estimate of drug-likeness (QED) is 0.677. The molecule has 0 bridgehead atoms. The molecule has 0 radical (unpaired) electrons. The maximum Gasteiger partial charge on any atom is 0.269 e. The molecular weight excluding hydrogens is 242 g/mol. The van der Waals surface area contributed by atoms with Gasteiger partial charge >= 0.3 is 0 Å². The van der Waals surface area contributed by atoms with E-state index in [1.807, 2.05) is 32.0 Å². The first-order valence-corrected chi connectivity index (χ1v) is 5.98. The number of hydrogen-bond acceptors (Lipinski definition) is 3. The Bertz CT molecular complexity index is 623. The lowest BCUT2D eigenvalue weighted by Crippen LogP contribution is -2.03. The Labute approximate surface area is 111 Å². The first-order chi connectivity index (χ1) is 8.99. The van der Waals surface area contributed by atoms with Crippen LogP contribution in [0.2, 0.25) is 0 Å². The SMILES string of the molecule is Cc1ccc(C)c([C@H](O)c2cccc([N+](=O)[O-])c2)c1. The van der Waals surface area contributed by atoms with Gasteiger partial charge in [-0.2, -0.15) is 0 Å². The van der Waals surface area contributed by atoms with Gasteiger partial charge in [0.1, 0.15) is 6.10 Å². The normalized spacial score (nSPS) is 12.2. The van der Waals surface area contributed by atoms with Gasteiger partial charge in [0, 0.05) is 12.1 Å². The van der Waals surface area contributed by atoms with Gasteiger partial charge in [-0.15, -0.1) is 0 Å². The highest BCUT2D eigenvalue weighted by atomic mass is 16.6. The van der Waals surface area contributed by atoms with E-state index in [4.69, 9.17) is 0 Å². The van der Waals surface area contributed by atoms with Crippen molar-refractivity contribution in [2.45, 2.75) is 20.0 Å². The van der Waals surface area contributed by atoms with Crippen molar-refractivity contribution in [3.05, 3.63) is 74.8 Å². The summed E-state index contributed by atoms with van der Waals surface area (Å²) in [6.45, 7) is 3.86. The molecule has 0 aromatic heterocycles. The predicted octanol–water partition coefficient (Wildman–Crippen LogP) is 3.29. The van der Waals surface area contributed by atoms with Crippen LogP contribution in [0.3, 0.4) is 0 Å². The largest absolute Gasteiger partial charge is 0.384 e. The molecule has 0 heterocycles. The smallest absolute Gasteiger partial charge is 0.269 e. The van der Waals surface area contributed by atoms with Crippen molar-refractivity contribution in [1.82, 2.24) is 0 Å². The summed E-state index contributed by atoms with van der Waals surface area (Å²) in [6, 6.07) is 11.9. The number of nitro benzene ring substituents is 1. The van der Waals surface area contributed by atoms with Crippen LogP contribution in [0.1, 0.15) is 28.4 Å². The number of non-ortho nitro benzene ring substituents is 1. The summed E-state index contributed by atoms with van der Waals surface area (Å²) in [7, 11) is 0. The van der Waals surface area contributed by atoms with E-state index in [9.17, 15) is 15.2 Å². The molecule has 0 saturated heterocycles. The van der Waals surface area contributed by atoms with E-state index in [0.717, 1.165) is 16.7 Å². The molecule has 2 rings (SSSR count). The standard InChI is InChI=1S/C15H15NO3/c1-10-6-7-11(2)14(8-10)15(17)12-4-3-5-13(9-12)16(18)19/h3-9,15,17H,1-2H3/t15-/m1/s1. The van der Waals surface area contributed by atoms with Crippen LogP contribution in [0.5, 0.6) is 0 Å². The van der Waals surface area contributed by atoms with E-state index in [1.165, 1.54) is 12.1 Å². The minimum Gasteiger partial charge on any atom is -0.384 e. The van der Waals surface area contributed by atoms with E-state index >= 15 is 0 Å². The van der Waals surface area contributed by atoms with Crippen molar-refractivity contribution in [2.75, 3.05) is 0 Å². The first kappa shape index (κ1) is 13.2. The van der Waals surface area contributed by atoms with E-state index in [2.05, 4.69) is 0 Å². The molecular formula is C15H15NO3. The fraction of sp³-hybridized carbons (Fsp3) is 0.200. The Morgan fingerprint density at radius 2 is 1.89 bits per heavy atom. The third-order valence-electron chi connectivity index (χ3n) is 3.13. The van der Waals surface area contributed by atoms with Gasteiger partial charge in [0.05, 0.1) is 4.92 Å². The van der Waals surface area contributed by atoms with Crippen LogP contribution in [-0.4, -0.2) is 10.0 Å². The summed E-state index contributed by atoms with van der Waals surface area (Å²) in [6.07, 6.45) is -0.847. The van der Waals surface area contributed by atoms with Gasteiger partial charge in [0.2, 0.25) is 0 Å². The molecule has 2 aromatic carbocycles. The van der Waals surface area contributed by atoms with Crippen LogP contribution in [-0.2, 0) is 0 Å². The molecule has 2 aromatic rings. The van der Waals surface area contributed by atoms with Crippen LogP contribution >= 0.6 is 0 Å². The molecule has 0 aliphatic heterocycles. The summed E-state index contributed by atoms with van der Waals surface area (Å²) < 4.78 is 0. The summed E-state index contributed by atoms with van der Waals surface area (Å²) in [5, 5.41) is 21.1. The molecule has 0 aliphatic carbocycles. The van der Waals surface area contributed by atoms with Crippen LogP contribution in [0, 0.1) is 24.0 Å². The van der Waals surface area contributed by atoms with Crippen molar-refractivity contribution in [1.29, 1.82) is 0 Å². The van der Waals surface area contributed by atoms with Gasteiger partial charge in [-0.3, -0.25) is 10.1 Å². The monoisotopic (exact) mass is 257 g/mol. The molecule has 98 valence electrons. The molecule has 4 nitrogen and oxygen atoms in total. The molecule has 0 fully saturated rings. The summed E-state index contributed by atoms with van der Waals surface area (Å²) in [4.78, 5) is 10.3. The van der Waals surface area contributed by atoms with E-state index < -0.39 is 11.0 Å². The first-order valence-electron chi connectivity index (χ1n) is 5.98. The maximum atomic E-state index is 10.8. The molecule has 0 spiro atoms. The zero-order chi connectivity index (χ0) is 14.0. The number of benzene rings is 2. The second-order valence-corrected chi connectivity index (χ2v) is 4.61. The van der Waals surface area contributed by atoms with Crippen LogP contribution < -0.4 is 0 Å². The van der Waals surface area contributed by atoms with Gasteiger partial charge in [-0.1, -0.05) is 35.9 Å². The number of rotatable bonds is 3. The molecule has 19 heavy (non-hydrogen) atoms. The van der Waals surface area contributed by atoms with Crippen molar-refractivity contribution >= 4 is 5.69 Å². The number of aryl methyl sites for hydroxylation is 2. The maximum absolute atomic E-state index is 10.8. The highest BCUT2D eigenvalue weighted by Crippen LogP contribution is 2.27. The van der Waals surface area contributed by atoms with Crippen LogP contribution in [0.4, 0.5) is 5.69 Å². The van der Waals surface area contributed by atoms with Crippen molar-refractivity contribution in [3.8, 4) is 0 Å². The molecule has 0 aliphatic rings. The van der Waals surface area contributed by atoms with E-state index in [1.54, 1.807) is 12.1 Å². The third-order valence-corrected chi connectivity index (χ3v) is 3.13. The highest BCUT2D eigenvalue weighted by molar-refractivity contribution is 5.42. The second kappa shape index (κ2) is 5.20. The van der Waals surface area contributed by atoms with Crippen LogP contribution in [0.25, 0.3) is 0 Å².